The molecule has 3 aromatic rings. The van der Waals surface area contributed by atoms with Gasteiger partial charge < -0.3 is 15.4 Å². The Balaban J connectivity index is 1.75. The van der Waals surface area contributed by atoms with Crippen LogP contribution in [0.2, 0.25) is 0 Å². The maximum absolute atomic E-state index is 12.4. The lowest BCUT2D eigenvalue weighted by molar-refractivity contribution is 0.0945. The van der Waals surface area contributed by atoms with Crippen LogP contribution in [0.25, 0.3) is 0 Å². The van der Waals surface area contributed by atoms with Gasteiger partial charge in [-0.1, -0.05) is 42.5 Å². The standard InChI is InChI=1S/C20H20N4O2/c1-14-12-17(19(25)21-13-15-8-4-3-5-9-15)24-20(22-14)23-16-10-6-7-11-18(16)26-2/h3-12H,13H2,1-2H3,(H,21,25)(H,22,23,24). The normalized spacial score (nSPS) is 10.2. The van der Waals surface area contributed by atoms with E-state index in [1.807, 2.05) is 61.5 Å². The first-order chi connectivity index (χ1) is 12.7. The van der Waals surface area contributed by atoms with Gasteiger partial charge in [-0.3, -0.25) is 4.79 Å². The Morgan fingerprint density at radius 1 is 1.04 bits per heavy atom. The van der Waals surface area contributed by atoms with E-state index in [4.69, 9.17) is 4.74 Å². The van der Waals surface area contributed by atoms with E-state index in [1.54, 1.807) is 13.2 Å². The molecule has 6 nitrogen and oxygen atoms in total. The second-order valence-electron chi connectivity index (χ2n) is 5.71. The summed E-state index contributed by atoms with van der Waals surface area (Å²) in [5, 5.41) is 5.98. The first-order valence-electron chi connectivity index (χ1n) is 8.23. The molecule has 0 spiro atoms. The van der Waals surface area contributed by atoms with Gasteiger partial charge in [0.2, 0.25) is 5.95 Å². The highest BCUT2D eigenvalue weighted by molar-refractivity contribution is 5.92. The minimum atomic E-state index is -0.248. The van der Waals surface area contributed by atoms with Crippen LogP contribution in [0.15, 0.2) is 60.7 Å². The zero-order valence-corrected chi connectivity index (χ0v) is 14.7. The third-order valence-electron chi connectivity index (χ3n) is 3.74. The van der Waals surface area contributed by atoms with Gasteiger partial charge in [0.1, 0.15) is 11.4 Å². The molecule has 0 unspecified atom stereocenters. The van der Waals surface area contributed by atoms with Crippen molar-refractivity contribution in [2.24, 2.45) is 0 Å². The van der Waals surface area contributed by atoms with E-state index in [0.717, 1.165) is 11.3 Å². The lowest BCUT2D eigenvalue weighted by Crippen LogP contribution is -2.24. The molecule has 0 saturated carbocycles. The van der Waals surface area contributed by atoms with Crippen LogP contribution in [0, 0.1) is 6.92 Å². The van der Waals surface area contributed by atoms with Gasteiger partial charge in [0.15, 0.2) is 0 Å². The third-order valence-corrected chi connectivity index (χ3v) is 3.74. The minimum absolute atomic E-state index is 0.248. The van der Waals surface area contributed by atoms with Gasteiger partial charge in [0.25, 0.3) is 5.91 Å². The Morgan fingerprint density at radius 2 is 1.77 bits per heavy atom. The lowest BCUT2D eigenvalue weighted by Gasteiger charge is -2.11. The average Bonchev–Trinajstić information content (AvgIpc) is 2.67. The highest BCUT2D eigenvalue weighted by atomic mass is 16.5. The Bertz CT molecular complexity index is 897. The summed E-state index contributed by atoms with van der Waals surface area (Å²) in [6, 6.07) is 18.9. The molecule has 0 bridgehead atoms. The summed E-state index contributed by atoms with van der Waals surface area (Å²) in [4.78, 5) is 21.1. The van der Waals surface area contributed by atoms with Crippen molar-refractivity contribution in [3.63, 3.8) is 0 Å². The van der Waals surface area contributed by atoms with Crippen molar-refractivity contribution >= 4 is 17.5 Å². The smallest absolute Gasteiger partial charge is 0.270 e. The molecule has 6 heteroatoms. The molecule has 1 amide bonds. The van der Waals surface area contributed by atoms with Crippen molar-refractivity contribution in [2.45, 2.75) is 13.5 Å². The number of nitrogens with one attached hydrogen (secondary N) is 2. The fraction of sp³-hybridized carbons (Fsp3) is 0.150. The summed E-state index contributed by atoms with van der Waals surface area (Å²) in [5.41, 5.74) is 2.77. The number of methoxy groups -OCH3 is 1. The Labute approximate surface area is 152 Å². The Morgan fingerprint density at radius 3 is 2.54 bits per heavy atom. The number of anilines is 2. The molecule has 0 aliphatic heterocycles. The topological polar surface area (TPSA) is 76.1 Å². The summed E-state index contributed by atoms with van der Waals surface area (Å²) in [5.74, 6) is 0.773. The zero-order chi connectivity index (χ0) is 18.4. The number of para-hydroxylation sites is 2. The summed E-state index contributed by atoms with van der Waals surface area (Å²) in [6.45, 7) is 2.26. The van der Waals surface area contributed by atoms with Gasteiger partial charge in [-0.2, -0.15) is 0 Å². The molecule has 3 rings (SSSR count). The number of rotatable bonds is 6. The van der Waals surface area contributed by atoms with Crippen molar-refractivity contribution in [1.29, 1.82) is 0 Å². The molecular formula is C20H20N4O2. The second kappa shape index (κ2) is 8.11. The van der Waals surface area contributed by atoms with E-state index < -0.39 is 0 Å². The van der Waals surface area contributed by atoms with Gasteiger partial charge >= 0.3 is 0 Å². The molecule has 2 aromatic carbocycles. The van der Waals surface area contributed by atoms with E-state index in [-0.39, 0.29) is 5.91 Å². The first-order valence-corrected chi connectivity index (χ1v) is 8.23. The number of carbonyl (C=O) groups is 1. The fourth-order valence-electron chi connectivity index (χ4n) is 2.48. The second-order valence-corrected chi connectivity index (χ2v) is 5.71. The number of aryl methyl sites for hydroxylation is 1. The van der Waals surface area contributed by atoms with Crippen LogP contribution in [0.5, 0.6) is 5.75 Å². The number of carbonyl (C=O) groups excluding carboxylic acids is 1. The minimum Gasteiger partial charge on any atom is -0.495 e. The first kappa shape index (κ1) is 17.4. The quantitative estimate of drug-likeness (QED) is 0.713. The predicted octanol–water partition coefficient (Wildman–Crippen LogP) is 3.47. The molecule has 2 N–H and O–H groups in total. The van der Waals surface area contributed by atoms with Crippen LogP contribution in [0.1, 0.15) is 21.7 Å². The van der Waals surface area contributed by atoms with Crippen LogP contribution in [0.3, 0.4) is 0 Å². The van der Waals surface area contributed by atoms with Crippen molar-refractivity contribution in [3.8, 4) is 5.75 Å². The monoisotopic (exact) mass is 348 g/mol. The average molecular weight is 348 g/mol. The van der Waals surface area contributed by atoms with Crippen molar-refractivity contribution < 1.29 is 9.53 Å². The van der Waals surface area contributed by atoms with Gasteiger partial charge in [0.05, 0.1) is 12.8 Å². The van der Waals surface area contributed by atoms with Gasteiger partial charge in [-0.15, -0.1) is 0 Å². The van der Waals surface area contributed by atoms with Crippen molar-refractivity contribution in [2.75, 3.05) is 12.4 Å². The number of hydrogen-bond acceptors (Lipinski definition) is 5. The summed E-state index contributed by atoms with van der Waals surface area (Å²) in [7, 11) is 1.60. The number of aromatic nitrogens is 2. The maximum Gasteiger partial charge on any atom is 0.270 e. The Hall–Kier alpha value is -3.41. The molecule has 0 atom stereocenters. The number of ether oxygens (including phenoxy) is 1. The van der Waals surface area contributed by atoms with Crippen LogP contribution < -0.4 is 15.4 Å². The highest BCUT2D eigenvalue weighted by Crippen LogP contribution is 2.25. The summed E-state index contributed by atoms with van der Waals surface area (Å²) < 4.78 is 5.32. The van der Waals surface area contributed by atoms with Crippen LogP contribution in [0.4, 0.5) is 11.6 Å². The van der Waals surface area contributed by atoms with Gasteiger partial charge in [0, 0.05) is 12.2 Å². The van der Waals surface area contributed by atoms with E-state index >= 15 is 0 Å². The summed E-state index contributed by atoms with van der Waals surface area (Å²) >= 11 is 0. The maximum atomic E-state index is 12.4. The van der Waals surface area contributed by atoms with Crippen molar-refractivity contribution in [1.82, 2.24) is 15.3 Å². The molecule has 26 heavy (non-hydrogen) atoms. The molecule has 0 radical (unpaired) electrons. The lowest BCUT2D eigenvalue weighted by atomic mass is 10.2. The largest absolute Gasteiger partial charge is 0.495 e. The highest BCUT2D eigenvalue weighted by Gasteiger charge is 2.12. The van der Waals surface area contributed by atoms with Crippen LogP contribution in [-0.4, -0.2) is 23.0 Å². The molecular weight excluding hydrogens is 328 g/mol. The molecule has 132 valence electrons. The summed E-state index contributed by atoms with van der Waals surface area (Å²) in [6.07, 6.45) is 0. The predicted molar refractivity (Wildman–Crippen MR) is 101 cm³/mol. The van der Waals surface area contributed by atoms with Gasteiger partial charge in [-0.05, 0) is 30.7 Å². The zero-order valence-electron chi connectivity index (χ0n) is 14.7. The molecule has 0 aliphatic rings. The number of nitrogens with zero attached hydrogens (tertiary/aromatic N) is 2. The van der Waals surface area contributed by atoms with E-state index in [0.29, 0.717) is 29.6 Å². The number of benzene rings is 2. The fourth-order valence-corrected chi connectivity index (χ4v) is 2.48. The molecule has 0 saturated heterocycles. The molecule has 0 fully saturated rings. The number of hydrogen-bond donors (Lipinski definition) is 2. The SMILES string of the molecule is COc1ccccc1Nc1nc(C)cc(C(=O)NCc2ccccc2)n1. The van der Waals surface area contributed by atoms with Crippen LogP contribution in [-0.2, 0) is 6.54 Å². The molecule has 0 aliphatic carbocycles. The van der Waals surface area contributed by atoms with Crippen molar-refractivity contribution in [3.05, 3.63) is 77.6 Å². The third kappa shape index (κ3) is 4.36. The van der Waals surface area contributed by atoms with Gasteiger partial charge in [-0.25, -0.2) is 9.97 Å². The Kier molecular flexibility index (Phi) is 5.43. The molecule has 1 heterocycles. The molecule has 1 aromatic heterocycles. The van der Waals surface area contributed by atoms with Crippen LogP contribution >= 0.6 is 0 Å². The number of amides is 1. The van der Waals surface area contributed by atoms with E-state index in [9.17, 15) is 4.79 Å². The van der Waals surface area contributed by atoms with E-state index in [2.05, 4.69) is 20.6 Å². The van der Waals surface area contributed by atoms with E-state index in [1.165, 1.54) is 0 Å².